The van der Waals surface area contributed by atoms with E-state index in [4.69, 9.17) is 14.6 Å². The van der Waals surface area contributed by atoms with E-state index in [9.17, 15) is 4.79 Å². The highest BCUT2D eigenvalue weighted by atomic mass is 16.5. The molecule has 18 heavy (non-hydrogen) atoms. The Morgan fingerprint density at radius 2 is 2.33 bits per heavy atom. The smallest absolute Gasteiger partial charge is 0.207 e. The number of carbonyl (C=O) groups excluding carboxylic acids is 1. The lowest BCUT2D eigenvalue weighted by atomic mass is 10.1. The highest BCUT2D eigenvalue weighted by molar-refractivity contribution is 6.04. The molecule has 4 nitrogen and oxygen atoms in total. The van der Waals surface area contributed by atoms with Gasteiger partial charge in [-0.1, -0.05) is 12.2 Å². The van der Waals surface area contributed by atoms with Gasteiger partial charge in [0.05, 0.1) is 12.2 Å². The lowest BCUT2D eigenvalue weighted by Crippen LogP contribution is -2.19. The molecule has 0 aliphatic carbocycles. The Labute approximate surface area is 106 Å². The topological polar surface area (TPSA) is 55.8 Å². The van der Waals surface area contributed by atoms with E-state index in [0.29, 0.717) is 23.5 Å². The normalized spacial score (nSPS) is 17.9. The Morgan fingerprint density at radius 1 is 1.50 bits per heavy atom. The van der Waals surface area contributed by atoms with Crippen molar-refractivity contribution in [3.8, 4) is 11.5 Å². The minimum absolute atomic E-state index is 0.0109. The zero-order valence-corrected chi connectivity index (χ0v) is 10.3. The van der Waals surface area contributed by atoms with Crippen LogP contribution in [-0.2, 0) is 0 Å². The van der Waals surface area contributed by atoms with Gasteiger partial charge < -0.3 is 14.6 Å². The molecule has 0 fully saturated rings. The third kappa shape index (κ3) is 2.54. The average Bonchev–Trinajstić information content (AvgIpc) is 2.70. The molecule has 1 atom stereocenters. The van der Waals surface area contributed by atoms with Gasteiger partial charge in [0.15, 0.2) is 6.10 Å². The quantitative estimate of drug-likeness (QED) is 0.809. The van der Waals surface area contributed by atoms with Crippen molar-refractivity contribution in [3.05, 3.63) is 35.9 Å². The Bertz CT molecular complexity index is 465. The molecule has 1 unspecified atom stereocenters. The molecule has 0 saturated carbocycles. The van der Waals surface area contributed by atoms with E-state index in [1.807, 2.05) is 19.1 Å². The summed E-state index contributed by atoms with van der Waals surface area (Å²) in [5, 5.41) is 8.68. The van der Waals surface area contributed by atoms with Crippen LogP contribution in [0.5, 0.6) is 11.5 Å². The van der Waals surface area contributed by atoms with Gasteiger partial charge in [0.25, 0.3) is 0 Å². The maximum atomic E-state index is 12.0. The summed E-state index contributed by atoms with van der Waals surface area (Å²) in [6, 6.07) is 5.12. The van der Waals surface area contributed by atoms with Crippen LogP contribution in [-0.4, -0.2) is 30.2 Å². The van der Waals surface area contributed by atoms with Crippen molar-refractivity contribution >= 4 is 5.78 Å². The molecule has 0 saturated heterocycles. The van der Waals surface area contributed by atoms with Gasteiger partial charge in [0.1, 0.15) is 18.1 Å². The van der Waals surface area contributed by atoms with Crippen LogP contribution in [0.3, 0.4) is 0 Å². The van der Waals surface area contributed by atoms with E-state index < -0.39 is 6.10 Å². The van der Waals surface area contributed by atoms with Gasteiger partial charge in [-0.2, -0.15) is 0 Å². The van der Waals surface area contributed by atoms with Gasteiger partial charge >= 0.3 is 0 Å². The molecule has 1 heterocycles. The molecule has 1 aliphatic rings. The Balaban J connectivity index is 2.12. The van der Waals surface area contributed by atoms with Gasteiger partial charge in [-0.05, 0) is 19.1 Å². The lowest BCUT2D eigenvalue weighted by molar-refractivity contribution is 0.0861. The summed E-state index contributed by atoms with van der Waals surface area (Å²) in [5.41, 5.74) is 0.598. The molecule has 0 bridgehead atoms. The van der Waals surface area contributed by atoms with Crippen molar-refractivity contribution in [2.75, 3.05) is 13.2 Å². The predicted octanol–water partition coefficient (Wildman–Crippen LogP) is 1.97. The largest absolute Gasteiger partial charge is 0.491 e. The first-order chi connectivity index (χ1) is 8.76. The van der Waals surface area contributed by atoms with Crippen molar-refractivity contribution < 1.29 is 19.4 Å². The molecule has 0 radical (unpaired) electrons. The maximum Gasteiger partial charge on any atom is 0.207 e. The van der Waals surface area contributed by atoms with Gasteiger partial charge in [-0.15, -0.1) is 0 Å². The van der Waals surface area contributed by atoms with Gasteiger partial charge in [0, 0.05) is 12.5 Å². The number of allylic oxidation sites excluding steroid dienone is 1. The van der Waals surface area contributed by atoms with Crippen LogP contribution in [0.4, 0.5) is 0 Å². The molecular weight excluding hydrogens is 232 g/mol. The fourth-order valence-corrected chi connectivity index (χ4v) is 1.85. The third-order valence-electron chi connectivity index (χ3n) is 2.73. The molecule has 0 amide bonds. The van der Waals surface area contributed by atoms with E-state index in [1.165, 1.54) is 0 Å². The van der Waals surface area contributed by atoms with Crippen LogP contribution >= 0.6 is 0 Å². The first kappa shape index (κ1) is 12.6. The Hall–Kier alpha value is -1.81. The van der Waals surface area contributed by atoms with E-state index in [2.05, 4.69) is 0 Å². The summed E-state index contributed by atoms with van der Waals surface area (Å²) >= 11 is 0. The molecule has 1 aliphatic heterocycles. The molecule has 4 heteroatoms. The molecule has 96 valence electrons. The Kier molecular flexibility index (Phi) is 3.99. The summed E-state index contributed by atoms with van der Waals surface area (Å²) in [5.74, 6) is 1.17. The summed E-state index contributed by atoms with van der Waals surface area (Å²) in [4.78, 5) is 12.0. The van der Waals surface area contributed by atoms with Crippen LogP contribution in [0.1, 0.15) is 23.7 Å². The van der Waals surface area contributed by atoms with Crippen molar-refractivity contribution in [1.82, 2.24) is 0 Å². The minimum Gasteiger partial charge on any atom is -0.491 e. The number of aliphatic hydroxyl groups is 1. The molecule has 0 spiro atoms. The lowest BCUT2D eigenvalue weighted by Gasteiger charge is -2.07. The van der Waals surface area contributed by atoms with Gasteiger partial charge in [-0.3, -0.25) is 4.79 Å². The standard InChI is InChI=1S/C14H16O4/c1-2-3-4-12-14(16)11-6-5-10(17-8-7-15)9-13(11)18-12/h2-3,5-6,9,12,15H,4,7-8H2,1H3. The molecule has 1 aromatic carbocycles. The van der Waals surface area contributed by atoms with E-state index in [-0.39, 0.29) is 19.0 Å². The summed E-state index contributed by atoms with van der Waals surface area (Å²) in [6.07, 6.45) is 3.97. The van der Waals surface area contributed by atoms with Crippen LogP contribution < -0.4 is 9.47 Å². The highest BCUT2D eigenvalue weighted by Gasteiger charge is 2.31. The summed E-state index contributed by atoms with van der Waals surface area (Å²) < 4.78 is 10.9. The number of benzene rings is 1. The van der Waals surface area contributed by atoms with Crippen LogP contribution in [0, 0.1) is 0 Å². The molecule has 1 aromatic rings. The second-order valence-corrected chi connectivity index (χ2v) is 4.01. The number of rotatable bonds is 5. The molecule has 0 aromatic heterocycles. The highest BCUT2D eigenvalue weighted by Crippen LogP contribution is 2.33. The van der Waals surface area contributed by atoms with Crippen molar-refractivity contribution in [1.29, 1.82) is 0 Å². The van der Waals surface area contributed by atoms with Crippen LogP contribution in [0.15, 0.2) is 30.4 Å². The van der Waals surface area contributed by atoms with Crippen molar-refractivity contribution in [2.45, 2.75) is 19.4 Å². The number of aliphatic hydroxyl groups excluding tert-OH is 1. The SMILES string of the molecule is CC=CCC1Oc2cc(OCCO)ccc2C1=O. The third-order valence-corrected chi connectivity index (χ3v) is 2.73. The van der Waals surface area contributed by atoms with Crippen molar-refractivity contribution in [3.63, 3.8) is 0 Å². The zero-order chi connectivity index (χ0) is 13.0. The minimum atomic E-state index is -0.427. The Morgan fingerprint density at radius 3 is 3.06 bits per heavy atom. The number of fused-ring (bicyclic) bond motifs is 1. The number of Topliss-reactive ketones (excluding diaryl/α,β-unsaturated/α-hetero) is 1. The average molecular weight is 248 g/mol. The summed E-state index contributed by atoms with van der Waals surface area (Å²) in [7, 11) is 0. The number of hydrogen-bond acceptors (Lipinski definition) is 4. The van der Waals surface area contributed by atoms with Crippen LogP contribution in [0.2, 0.25) is 0 Å². The molecular formula is C14H16O4. The predicted molar refractivity (Wildman–Crippen MR) is 67.2 cm³/mol. The van der Waals surface area contributed by atoms with Gasteiger partial charge in [0.2, 0.25) is 5.78 Å². The first-order valence-electron chi connectivity index (χ1n) is 5.96. The zero-order valence-electron chi connectivity index (χ0n) is 10.3. The summed E-state index contributed by atoms with van der Waals surface area (Å²) in [6.45, 7) is 2.10. The van der Waals surface area contributed by atoms with E-state index >= 15 is 0 Å². The number of ketones is 1. The second-order valence-electron chi connectivity index (χ2n) is 4.01. The van der Waals surface area contributed by atoms with E-state index in [0.717, 1.165) is 0 Å². The van der Waals surface area contributed by atoms with Crippen molar-refractivity contribution in [2.24, 2.45) is 0 Å². The fraction of sp³-hybridized carbons (Fsp3) is 0.357. The fourth-order valence-electron chi connectivity index (χ4n) is 1.85. The maximum absolute atomic E-state index is 12.0. The van der Waals surface area contributed by atoms with E-state index in [1.54, 1.807) is 18.2 Å². The number of ether oxygens (including phenoxy) is 2. The molecule has 2 rings (SSSR count). The van der Waals surface area contributed by atoms with Gasteiger partial charge in [-0.25, -0.2) is 0 Å². The second kappa shape index (κ2) is 5.69. The number of hydrogen-bond donors (Lipinski definition) is 1. The number of carbonyl (C=O) groups is 1. The monoisotopic (exact) mass is 248 g/mol. The first-order valence-corrected chi connectivity index (χ1v) is 5.96. The van der Waals surface area contributed by atoms with Crippen LogP contribution in [0.25, 0.3) is 0 Å². The molecule has 1 N–H and O–H groups in total.